The van der Waals surface area contributed by atoms with Crippen molar-refractivity contribution >= 4 is 10.0 Å². The molecular weight excluding hydrogens is 344 g/mol. The first-order valence-electron chi connectivity index (χ1n) is 8.65. The molecule has 0 radical (unpaired) electrons. The predicted octanol–water partition coefficient (Wildman–Crippen LogP) is 0.0267. The van der Waals surface area contributed by atoms with Gasteiger partial charge >= 0.3 is 0 Å². The van der Waals surface area contributed by atoms with Crippen LogP contribution in [0.25, 0.3) is 0 Å². The van der Waals surface area contributed by atoms with Crippen LogP contribution in [0.4, 0.5) is 0 Å². The number of sulfonamides is 1. The summed E-state index contributed by atoms with van der Waals surface area (Å²) in [5.74, 6) is 0. The summed E-state index contributed by atoms with van der Waals surface area (Å²) < 4.78 is 31.9. The summed E-state index contributed by atoms with van der Waals surface area (Å²) in [5.41, 5.74) is -0.0409. The summed E-state index contributed by atoms with van der Waals surface area (Å²) in [4.78, 5) is 2.38. The van der Waals surface area contributed by atoms with E-state index in [4.69, 9.17) is 4.74 Å². The normalized spacial score (nSPS) is 26.6. The van der Waals surface area contributed by atoms with Crippen LogP contribution in [0.2, 0.25) is 0 Å². The number of hydrogen-bond acceptors (Lipinski definition) is 6. The molecular formula is C17H26N2O5S. The monoisotopic (exact) mass is 370 g/mol. The molecule has 2 heterocycles. The van der Waals surface area contributed by atoms with Crippen molar-refractivity contribution in [1.82, 2.24) is 9.21 Å². The molecule has 2 fully saturated rings. The molecule has 3 rings (SSSR count). The van der Waals surface area contributed by atoms with E-state index in [1.165, 1.54) is 4.31 Å². The van der Waals surface area contributed by atoms with Crippen LogP contribution >= 0.6 is 0 Å². The van der Waals surface area contributed by atoms with Gasteiger partial charge < -0.3 is 14.9 Å². The van der Waals surface area contributed by atoms with Gasteiger partial charge in [-0.2, -0.15) is 4.31 Å². The van der Waals surface area contributed by atoms with E-state index in [1.807, 2.05) is 12.1 Å². The van der Waals surface area contributed by atoms with Gasteiger partial charge in [0.2, 0.25) is 10.0 Å². The van der Waals surface area contributed by atoms with Crippen LogP contribution in [0.3, 0.4) is 0 Å². The summed E-state index contributed by atoms with van der Waals surface area (Å²) in [6.45, 7) is 3.31. The quantitative estimate of drug-likeness (QED) is 0.760. The highest BCUT2D eigenvalue weighted by Gasteiger charge is 2.32. The molecule has 2 saturated heterocycles. The van der Waals surface area contributed by atoms with Crippen LogP contribution in [0.15, 0.2) is 29.2 Å². The number of ether oxygens (including phenoxy) is 1. The zero-order valence-electron chi connectivity index (χ0n) is 14.3. The number of rotatable bonds is 5. The Kier molecular flexibility index (Phi) is 5.77. The summed E-state index contributed by atoms with van der Waals surface area (Å²) in [6.07, 6.45) is 1.44. The predicted molar refractivity (Wildman–Crippen MR) is 92.6 cm³/mol. The van der Waals surface area contributed by atoms with Crippen LogP contribution in [-0.4, -0.2) is 79.4 Å². The Hall–Kier alpha value is -1.03. The first kappa shape index (κ1) is 18.8. The smallest absolute Gasteiger partial charge is 0.243 e. The number of hydrogen-bond donors (Lipinski definition) is 2. The van der Waals surface area contributed by atoms with Gasteiger partial charge in [-0.1, -0.05) is 12.1 Å². The van der Waals surface area contributed by atoms with Gasteiger partial charge in [0.25, 0.3) is 0 Å². The largest absolute Gasteiger partial charge is 0.393 e. The Bertz CT molecular complexity index is 673. The van der Waals surface area contributed by atoms with Crippen molar-refractivity contribution in [2.75, 3.05) is 46.0 Å². The Labute approximate surface area is 148 Å². The number of piperidine rings is 1. The fourth-order valence-corrected chi connectivity index (χ4v) is 4.84. The molecule has 8 heteroatoms. The van der Waals surface area contributed by atoms with E-state index in [0.717, 1.165) is 18.5 Å². The van der Waals surface area contributed by atoms with Gasteiger partial charge in [0.1, 0.15) is 5.60 Å². The molecule has 0 aliphatic carbocycles. The number of morpholine rings is 1. The number of nitrogens with zero attached hydrogens (tertiary/aromatic N) is 2. The van der Waals surface area contributed by atoms with Gasteiger partial charge in [-0.05, 0) is 37.1 Å². The SMILES string of the molecule is O=S(=O)(c1ccc(CN2CCCC(O)(CO)C2)cc1)N1CCOCC1. The van der Waals surface area contributed by atoms with Crippen LogP contribution in [0.1, 0.15) is 18.4 Å². The maximum Gasteiger partial charge on any atom is 0.243 e. The van der Waals surface area contributed by atoms with Crippen LogP contribution in [0.5, 0.6) is 0 Å². The maximum atomic E-state index is 12.6. The lowest BCUT2D eigenvalue weighted by Crippen LogP contribution is -2.50. The molecule has 1 aromatic carbocycles. The molecule has 2 N–H and O–H groups in total. The van der Waals surface area contributed by atoms with Gasteiger partial charge in [0, 0.05) is 26.2 Å². The van der Waals surface area contributed by atoms with E-state index in [2.05, 4.69) is 4.90 Å². The second-order valence-corrected chi connectivity index (χ2v) is 8.80. The maximum absolute atomic E-state index is 12.6. The second kappa shape index (κ2) is 7.69. The van der Waals surface area contributed by atoms with E-state index in [9.17, 15) is 18.6 Å². The Morgan fingerprint density at radius 2 is 1.80 bits per heavy atom. The summed E-state index contributed by atoms with van der Waals surface area (Å²) in [6, 6.07) is 6.92. The van der Waals surface area contributed by atoms with Crippen molar-refractivity contribution in [3.05, 3.63) is 29.8 Å². The van der Waals surface area contributed by atoms with Gasteiger partial charge in [-0.3, -0.25) is 4.90 Å². The lowest BCUT2D eigenvalue weighted by Gasteiger charge is -2.38. The lowest BCUT2D eigenvalue weighted by molar-refractivity contribution is -0.0687. The van der Waals surface area contributed by atoms with Crippen molar-refractivity contribution in [2.24, 2.45) is 0 Å². The molecule has 25 heavy (non-hydrogen) atoms. The van der Waals surface area contributed by atoms with Crippen molar-refractivity contribution in [2.45, 2.75) is 29.9 Å². The summed E-state index contributed by atoms with van der Waals surface area (Å²) in [5, 5.41) is 19.6. The standard InChI is InChI=1S/C17H26N2O5S/c20-14-17(21)6-1-7-18(13-17)12-15-2-4-16(5-3-15)25(22,23)19-8-10-24-11-9-19/h2-5,20-21H,1,6-14H2. The van der Waals surface area contributed by atoms with E-state index in [0.29, 0.717) is 50.7 Å². The van der Waals surface area contributed by atoms with E-state index in [-0.39, 0.29) is 6.61 Å². The highest BCUT2D eigenvalue weighted by molar-refractivity contribution is 7.89. The van der Waals surface area contributed by atoms with E-state index < -0.39 is 15.6 Å². The molecule has 0 bridgehead atoms. The second-order valence-electron chi connectivity index (χ2n) is 6.86. The minimum Gasteiger partial charge on any atom is -0.393 e. The van der Waals surface area contributed by atoms with E-state index >= 15 is 0 Å². The zero-order chi connectivity index (χ0) is 17.9. The Morgan fingerprint density at radius 1 is 1.12 bits per heavy atom. The molecule has 2 aliphatic heterocycles. The summed E-state index contributed by atoms with van der Waals surface area (Å²) in [7, 11) is -3.47. The fourth-order valence-electron chi connectivity index (χ4n) is 3.43. The van der Waals surface area contributed by atoms with Crippen molar-refractivity contribution < 1.29 is 23.4 Å². The molecule has 7 nitrogen and oxygen atoms in total. The minimum atomic E-state index is -3.47. The van der Waals surface area contributed by atoms with Gasteiger partial charge in [-0.15, -0.1) is 0 Å². The number of benzene rings is 1. The summed E-state index contributed by atoms with van der Waals surface area (Å²) >= 11 is 0. The third kappa shape index (κ3) is 4.39. The lowest BCUT2D eigenvalue weighted by atomic mass is 9.93. The third-order valence-corrected chi connectivity index (χ3v) is 6.78. The minimum absolute atomic E-state index is 0.236. The molecule has 0 spiro atoms. The fraction of sp³-hybridized carbons (Fsp3) is 0.647. The van der Waals surface area contributed by atoms with Crippen LogP contribution < -0.4 is 0 Å². The number of β-amino-alcohol motifs (C(OH)–C–C–N with tert-alkyl or cyclic N) is 1. The highest BCUT2D eigenvalue weighted by Crippen LogP contribution is 2.23. The first-order chi connectivity index (χ1) is 11.9. The first-order valence-corrected chi connectivity index (χ1v) is 10.1. The molecule has 1 unspecified atom stereocenters. The zero-order valence-corrected chi connectivity index (χ0v) is 15.1. The van der Waals surface area contributed by atoms with Crippen molar-refractivity contribution in [3.8, 4) is 0 Å². The third-order valence-electron chi connectivity index (χ3n) is 4.87. The molecule has 0 saturated carbocycles. The highest BCUT2D eigenvalue weighted by atomic mass is 32.2. The number of aliphatic hydroxyl groups excluding tert-OH is 1. The van der Waals surface area contributed by atoms with Crippen molar-refractivity contribution in [1.29, 1.82) is 0 Å². The molecule has 0 aromatic heterocycles. The molecule has 0 amide bonds. The molecule has 140 valence electrons. The van der Waals surface area contributed by atoms with Gasteiger partial charge in [0.05, 0.1) is 24.7 Å². The van der Waals surface area contributed by atoms with Gasteiger partial charge in [0.15, 0.2) is 0 Å². The van der Waals surface area contributed by atoms with Crippen LogP contribution in [0, 0.1) is 0 Å². The van der Waals surface area contributed by atoms with Gasteiger partial charge in [-0.25, -0.2) is 8.42 Å². The van der Waals surface area contributed by atoms with Crippen molar-refractivity contribution in [3.63, 3.8) is 0 Å². The Balaban J connectivity index is 1.66. The average molecular weight is 370 g/mol. The molecule has 1 atom stereocenters. The number of likely N-dealkylation sites (tertiary alicyclic amines) is 1. The number of aliphatic hydroxyl groups is 2. The Morgan fingerprint density at radius 3 is 2.44 bits per heavy atom. The molecule has 1 aromatic rings. The average Bonchev–Trinajstić information content (AvgIpc) is 2.63. The van der Waals surface area contributed by atoms with E-state index in [1.54, 1.807) is 12.1 Å². The van der Waals surface area contributed by atoms with Crippen LogP contribution in [-0.2, 0) is 21.3 Å². The topological polar surface area (TPSA) is 90.3 Å². The molecule has 2 aliphatic rings.